The fourth-order valence-electron chi connectivity index (χ4n) is 4.59. The fourth-order valence-corrected chi connectivity index (χ4v) is 6.90. The van der Waals surface area contributed by atoms with E-state index in [0.717, 1.165) is 7.11 Å². The van der Waals surface area contributed by atoms with E-state index in [0.29, 0.717) is 11.1 Å². The topological polar surface area (TPSA) is 116 Å². The predicted octanol–water partition coefficient (Wildman–Crippen LogP) is 1.10. The molecule has 30 heavy (non-hydrogen) atoms. The van der Waals surface area contributed by atoms with Gasteiger partial charge in [-0.2, -0.15) is 5.48 Å². The van der Waals surface area contributed by atoms with Crippen LogP contribution in [0.4, 0.5) is 0 Å². The number of hydrogen-bond acceptors (Lipinski definition) is 7. The lowest BCUT2D eigenvalue weighted by Crippen LogP contribution is -2.60. The van der Waals surface area contributed by atoms with Crippen LogP contribution in [0.5, 0.6) is 0 Å². The summed E-state index contributed by atoms with van der Waals surface area (Å²) in [7, 11) is -3.03. The van der Waals surface area contributed by atoms with Crippen molar-refractivity contribution in [1.82, 2.24) is 5.48 Å². The van der Waals surface area contributed by atoms with Crippen LogP contribution in [0, 0.1) is 5.41 Å². The van der Waals surface area contributed by atoms with Crippen molar-refractivity contribution in [3.63, 3.8) is 0 Å². The predicted molar refractivity (Wildman–Crippen MR) is 105 cm³/mol. The molecule has 2 saturated heterocycles. The number of hydroxylamine groups is 1. The van der Waals surface area contributed by atoms with Crippen molar-refractivity contribution in [3.05, 3.63) is 71.8 Å². The number of carbonyl (C=O) groups is 3. The molecular formula is C21H19NO7S. The summed E-state index contributed by atoms with van der Waals surface area (Å²) in [5, 5.41) is -1.73. The first-order valence-electron chi connectivity index (χ1n) is 9.25. The quantitative estimate of drug-likeness (QED) is 0.574. The van der Waals surface area contributed by atoms with Crippen molar-refractivity contribution in [2.45, 2.75) is 17.1 Å². The van der Waals surface area contributed by atoms with Crippen molar-refractivity contribution in [2.75, 3.05) is 12.9 Å². The SMILES string of the molecule is COC(=O)[C@H]1[C@H](c2ccccc2)C2(C(=O)NOC2=O)[C@H](c2ccccc2)CS1(=O)=O. The molecule has 0 radical (unpaired) electrons. The van der Waals surface area contributed by atoms with Gasteiger partial charge >= 0.3 is 11.9 Å². The van der Waals surface area contributed by atoms with Gasteiger partial charge in [0.05, 0.1) is 12.9 Å². The third-order valence-corrected chi connectivity index (χ3v) is 7.91. The Bertz CT molecular complexity index is 1080. The zero-order valence-electron chi connectivity index (χ0n) is 16.0. The van der Waals surface area contributed by atoms with Gasteiger partial charge in [0.1, 0.15) is 0 Å². The normalized spacial score (nSPS) is 29.8. The molecule has 9 heteroatoms. The molecule has 1 spiro atoms. The van der Waals surface area contributed by atoms with Crippen molar-refractivity contribution < 1.29 is 32.4 Å². The van der Waals surface area contributed by atoms with Gasteiger partial charge in [-0.1, -0.05) is 60.7 Å². The molecule has 2 heterocycles. The zero-order chi connectivity index (χ0) is 21.5. The van der Waals surface area contributed by atoms with E-state index in [9.17, 15) is 22.8 Å². The molecule has 0 aliphatic carbocycles. The molecule has 0 bridgehead atoms. The summed E-state index contributed by atoms with van der Waals surface area (Å²) >= 11 is 0. The highest BCUT2D eigenvalue weighted by Crippen LogP contribution is 2.57. The number of sulfone groups is 1. The molecule has 2 aliphatic rings. The monoisotopic (exact) mass is 429 g/mol. The number of nitrogens with one attached hydrogen (secondary N) is 1. The molecule has 0 aromatic heterocycles. The van der Waals surface area contributed by atoms with Gasteiger partial charge < -0.3 is 9.57 Å². The summed E-state index contributed by atoms with van der Waals surface area (Å²) in [6.45, 7) is 0. The molecule has 1 unspecified atom stereocenters. The standard InChI is InChI=1S/C21H19NO7S/c1-28-18(23)17-16(14-10-6-3-7-11-14)21(19(24)22-29-20(21)25)15(12-30(17,26)27)13-8-4-2-5-9-13/h2-11,15-17H,12H2,1H3,(H,22,24)/t15-,16-,17+,21?/m0/s1. The summed E-state index contributed by atoms with van der Waals surface area (Å²) in [5.41, 5.74) is 0.986. The van der Waals surface area contributed by atoms with E-state index >= 15 is 0 Å². The second-order valence-electron chi connectivity index (χ2n) is 7.31. The zero-order valence-corrected chi connectivity index (χ0v) is 16.8. The highest BCUT2D eigenvalue weighted by atomic mass is 32.2. The van der Waals surface area contributed by atoms with Crippen LogP contribution in [-0.4, -0.2) is 44.4 Å². The Morgan fingerprint density at radius 2 is 1.60 bits per heavy atom. The molecule has 0 saturated carbocycles. The molecule has 1 N–H and O–H groups in total. The van der Waals surface area contributed by atoms with Crippen LogP contribution in [0.3, 0.4) is 0 Å². The number of amides is 1. The third-order valence-electron chi connectivity index (χ3n) is 5.87. The second kappa shape index (κ2) is 7.24. The summed E-state index contributed by atoms with van der Waals surface area (Å²) in [4.78, 5) is 43.9. The Labute approximate surface area is 173 Å². The number of hydrogen-bond donors (Lipinski definition) is 1. The Morgan fingerprint density at radius 1 is 1.03 bits per heavy atom. The number of benzene rings is 2. The van der Waals surface area contributed by atoms with E-state index in [1.165, 1.54) is 0 Å². The van der Waals surface area contributed by atoms with Crippen LogP contribution >= 0.6 is 0 Å². The van der Waals surface area contributed by atoms with Crippen LogP contribution in [0.1, 0.15) is 23.0 Å². The first kappa shape index (κ1) is 20.1. The number of rotatable bonds is 3. The first-order valence-corrected chi connectivity index (χ1v) is 11.0. The van der Waals surface area contributed by atoms with E-state index in [1.807, 2.05) is 0 Å². The van der Waals surface area contributed by atoms with Crippen molar-refractivity contribution >= 4 is 27.7 Å². The van der Waals surface area contributed by atoms with Crippen molar-refractivity contribution in [2.24, 2.45) is 5.41 Å². The Kier molecular flexibility index (Phi) is 4.85. The Balaban J connectivity index is 2.06. The summed E-state index contributed by atoms with van der Waals surface area (Å²) in [6, 6.07) is 16.6. The van der Waals surface area contributed by atoms with Gasteiger partial charge in [0, 0.05) is 11.8 Å². The van der Waals surface area contributed by atoms with Gasteiger partial charge in [-0.05, 0) is 11.1 Å². The molecule has 8 nitrogen and oxygen atoms in total. The average Bonchev–Trinajstić information content (AvgIpc) is 3.04. The molecule has 2 aromatic carbocycles. The van der Waals surface area contributed by atoms with Crippen molar-refractivity contribution in [1.29, 1.82) is 0 Å². The molecule has 2 fully saturated rings. The van der Waals surface area contributed by atoms with Gasteiger partial charge in [-0.15, -0.1) is 0 Å². The number of carbonyl (C=O) groups excluding carboxylic acids is 3. The molecule has 4 rings (SSSR count). The lowest BCUT2D eigenvalue weighted by molar-refractivity contribution is -0.153. The van der Waals surface area contributed by atoms with Crippen molar-refractivity contribution in [3.8, 4) is 0 Å². The largest absolute Gasteiger partial charge is 0.468 e. The maximum Gasteiger partial charge on any atom is 0.349 e. The van der Waals surface area contributed by atoms with Crippen LogP contribution in [-0.2, 0) is 33.8 Å². The van der Waals surface area contributed by atoms with Gasteiger partial charge in [0.2, 0.25) is 0 Å². The van der Waals surface area contributed by atoms with Gasteiger partial charge in [0.15, 0.2) is 20.5 Å². The molecular weight excluding hydrogens is 410 g/mol. The maximum absolute atomic E-state index is 13.3. The van der Waals surface area contributed by atoms with Gasteiger partial charge in [-0.25, -0.2) is 13.2 Å². The Morgan fingerprint density at radius 3 is 2.10 bits per heavy atom. The summed E-state index contributed by atoms with van der Waals surface area (Å²) in [6.07, 6.45) is 0. The minimum atomic E-state index is -4.10. The van der Waals surface area contributed by atoms with Gasteiger partial charge in [-0.3, -0.25) is 9.59 Å². The average molecular weight is 429 g/mol. The second-order valence-corrected chi connectivity index (χ2v) is 9.48. The molecule has 2 aliphatic heterocycles. The minimum Gasteiger partial charge on any atom is -0.468 e. The smallest absolute Gasteiger partial charge is 0.349 e. The molecule has 156 valence electrons. The van der Waals surface area contributed by atoms with Crippen LogP contribution < -0.4 is 5.48 Å². The molecule has 1 amide bonds. The van der Waals surface area contributed by atoms with Crippen LogP contribution in [0.2, 0.25) is 0 Å². The fraction of sp³-hybridized carbons (Fsp3) is 0.286. The van der Waals surface area contributed by atoms with E-state index in [2.05, 4.69) is 5.48 Å². The van der Waals surface area contributed by atoms with Crippen LogP contribution in [0.15, 0.2) is 60.7 Å². The lowest BCUT2D eigenvalue weighted by atomic mass is 9.61. The van der Waals surface area contributed by atoms with E-state index in [4.69, 9.17) is 9.57 Å². The maximum atomic E-state index is 13.3. The third kappa shape index (κ3) is 2.80. The van der Waals surface area contributed by atoms with E-state index in [-0.39, 0.29) is 0 Å². The van der Waals surface area contributed by atoms with Gasteiger partial charge in [0.25, 0.3) is 5.91 Å². The number of esters is 1. The van der Waals surface area contributed by atoms with Crippen LogP contribution in [0.25, 0.3) is 0 Å². The molecule has 2 aromatic rings. The number of methoxy groups -OCH3 is 1. The lowest BCUT2D eigenvalue weighted by Gasteiger charge is -2.45. The van der Waals surface area contributed by atoms with E-state index in [1.54, 1.807) is 60.7 Å². The summed E-state index contributed by atoms with van der Waals surface area (Å²) < 4.78 is 31.4. The van der Waals surface area contributed by atoms with E-state index < -0.39 is 55.9 Å². The minimum absolute atomic E-state index is 0.353. The highest BCUT2D eigenvalue weighted by molar-refractivity contribution is 7.92. The number of ether oxygens (including phenoxy) is 1. The summed E-state index contributed by atoms with van der Waals surface area (Å²) in [5.74, 6) is -5.68. The molecule has 4 atom stereocenters. The first-order chi connectivity index (χ1) is 14.3. The highest BCUT2D eigenvalue weighted by Gasteiger charge is 2.71. The Hall–Kier alpha value is -3.20.